The minimum Gasteiger partial charge on any atom is -0.462 e. The fraction of sp³-hybridized carbons (Fsp3) is 0.571. The Morgan fingerprint density at radius 1 is 1.53 bits per heavy atom. The second-order valence-corrected chi connectivity index (χ2v) is 4.78. The van der Waals surface area contributed by atoms with Gasteiger partial charge in [-0.1, -0.05) is 13.8 Å². The van der Waals surface area contributed by atoms with E-state index in [4.69, 9.17) is 4.74 Å². The Kier molecular flexibility index (Phi) is 6.29. The summed E-state index contributed by atoms with van der Waals surface area (Å²) in [5.41, 5.74) is 0.390. The van der Waals surface area contributed by atoms with Crippen LogP contribution in [0.4, 0.5) is 5.82 Å². The third-order valence-electron chi connectivity index (χ3n) is 2.55. The SMILES string of the molecule is CCOC(=O)c1cccnc1NCC(O)CC(C)C. The van der Waals surface area contributed by atoms with Crippen molar-refractivity contribution in [3.05, 3.63) is 23.9 Å². The Hall–Kier alpha value is -1.62. The highest BCUT2D eigenvalue weighted by atomic mass is 16.5. The molecule has 0 radical (unpaired) electrons. The standard InChI is InChI=1S/C14H22N2O3/c1-4-19-14(18)12-6-5-7-15-13(12)16-9-11(17)8-10(2)3/h5-7,10-11,17H,4,8-9H2,1-3H3,(H,15,16). The smallest absolute Gasteiger partial charge is 0.341 e. The first kappa shape index (κ1) is 15.4. The maximum Gasteiger partial charge on any atom is 0.341 e. The Morgan fingerprint density at radius 2 is 2.26 bits per heavy atom. The number of nitrogens with zero attached hydrogens (tertiary/aromatic N) is 1. The van der Waals surface area contributed by atoms with Crippen molar-refractivity contribution in [1.29, 1.82) is 0 Å². The maximum absolute atomic E-state index is 11.7. The van der Waals surface area contributed by atoms with Crippen LogP contribution in [0.5, 0.6) is 0 Å². The number of hydrogen-bond acceptors (Lipinski definition) is 5. The first-order chi connectivity index (χ1) is 9.04. The van der Waals surface area contributed by atoms with Crippen LogP contribution in [-0.4, -0.2) is 35.3 Å². The summed E-state index contributed by atoms with van der Waals surface area (Å²) in [5.74, 6) is 0.463. The third-order valence-corrected chi connectivity index (χ3v) is 2.55. The Balaban J connectivity index is 2.65. The van der Waals surface area contributed by atoms with E-state index in [-0.39, 0.29) is 0 Å². The number of ether oxygens (including phenoxy) is 1. The molecule has 0 saturated heterocycles. The van der Waals surface area contributed by atoms with Gasteiger partial charge in [0.1, 0.15) is 11.4 Å². The molecule has 1 unspecified atom stereocenters. The molecule has 0 saturated carbocycles. The minimum absolute atomic E-state index is 0.323. The molecule has 2 N–H and O–H groups in total. The number of anilines is 1. The molecule has 0 bridgehead atoms. The zero-order valence-corrected chi connectivity index (χ0v) is 11.7. The van der Waals surface area contributed by atoms with Crippen molar-refractivity contribution < 1.29 is 14.6 Å². The molecule has 5 nitrogen and oxygen atoms in total. The topological polar surface area (TPSA) is 71.5 Å². The van der Waals surface area contributed by atoms with Gasteiger partial charge < -0.3 is 15.2 Å². The van der Waals surface area contributed by atoms with Crippen LogP contribution in [0.1, 0.15) is 37.6 Å². The molecule has 1 rings (SSSR count). The molecule has 1 heterocycles. The first-order valence-corrected chi connectivity index (χ1v) is 6.58. The summed E-state index contributed by atoms with van der Waals surface area (Å²) in [4.78, 5) is 15.8. The molecular formula is C14H22N2O3. The molecule has 0 aliphatic rings. The lowest BCUT2D eigenvalue weighted by Crippen LogP contribution is -2.23. The van der Waals surface area contributed by atoms with Gasteiger partial charge in [0, 0.05) is 12.7 Å². The highest BCUT2D eigenvalue weighted by Gasteiger charge is 2.14. The zero-order valence-electron chi connectivity index (χ0n) is 11.7. The van der Waals surface area contributed by atoms with E-state index < -0.39 is 12.1 Å². The van der Waals surface area contributed by atoms with E-state index in [2.05, 4.69) is 10.3 Å². The fourth-order valence-electron chi connectivity index (χ4n) is 1.76. The van der Waals surface area contributed by atoms with Crippen molar-refractivity contribution in [2.75, 3.05) is 18.5 Å². The van der Waals surface area contributed by atoms with E-state index in [1.807, 2.05) is 13.8 Å². The van der Waals surface area contributed by atoms with E-state index in [1.54, 1.807) is 25.3 Å². The number of aliphatic hydroxyl groups is 1. The van der Waals surface area contributed by atoms with E-state index in [9.17, 15) is 9.90 Å². The predicted octanol–water partition coefficient (Wildman–Crippen LogP) is 2.08. The fourth-order valence-corrected chi connectivity index (χ4v) is 1.76. The average Bonchev–Trinajstić information content (AvgIpc) is 2.36. The van der Waals surface area contributed by atoms with Crippen LogP contribution in [0.3, 0.4) is 0 Å². The Bertz CT molecular complexity index is 407. The molecular weight excluding hydrogens is 244 g/mol. The Morgan fingerprint density at radius 3 is 2.89 bits per heavy atom. The molecule has 1 aromatic rings. The average molecular weight is 266 g/mol. The number of pyridine rings is 1. The van der Waals surface area contributed by atoms with Gasteiger partial charge in [0.15, 0.2) is 0 Å². The van der Waals surface area contributed by atoms with Gasteiger partial charge in [-0.3, -0.25) is 0 Å². The van der Waals surface area contributed by atoms with Crippen LogP contribution < -0.4 is 5.32 Å². The molecule has 0 spiro atoms. The van der Waals surface area contributed by atoms with Crippen LogP contribution in [0.2, 0.25) is 0 Å². The van der Waals surface area contributed by atoms with Gasteiger partial charge in [0.05, 0.1) is 12.7 Å². The van der Waals surface area contributed by atoms with Gasteiger partial charge >= 0.3 is 5.97 Å². The van der Waals surface area contributed by atoms with Gasteiger partial charge in [0.2, 0.25) is 0 Å². The second-order valence-electron chi connectivity index (χ2n) is 4.78. The van der Waals surface area contributed by atoms with Crippen molar-refractivity contribution in [2.45, 2.75) is 33.3 Å². The summed E-state index contributed by atoms with van der Waals surface area (Å²) < 4.78 is 4.96. The van der Waals surface area contributed by atoms with Crippen molar-refractivity contribution in [3.63, 3.8) is 0 Å². The number of esters is 1. The molecule has 19 heavy (non-hydrogen) atoms. The Labute approximate surface area is 114 Å². The lowest BCUT2D eigenvalue weighted by Gasteiger charge is -2.15. The molecule has 0 amide bonds. The summed E-state index contributed by atoms with van der Waals surface area (Å²) in [6.07, 6.45) is 1.84. The second kappa shape index (κ2) is 7.74. The van der Waals surface area contributed by atoms with Gasteiger partial charge in [-0.2, -0.15) is 0 Å². The van der Waals surface area contributed by atoms with E-state index in [1.165, 1.54) is 0 Å². The maximum atomic E-state index is 11.7. The largest absolute Gasteiger partial charge is 0.462 e. The van der Waals surface area contributed by atoms with Crippen molar-refractivity contribution in [3.8, 4) is 0 Å². The summed E-state index contributed by atoms with van der Waals surface area (Å²) in [6.45, 7) is 6.54. The molecule has 5 heteroatoms. The van der Waals surface area contributed by atoms with Crippen LogP contribution in [0.15, 0.2) is 18.3 Å². The van der Waals surface area contributed by atoms with Gasteiger partial charge in [-0.15, -0.1) is 0 Å². The molecule has 0 aliphatic heterocycles. The lowest BCUT2D eigenvalue weighted by atomic mass is 10.1. The first-order valence-electron chi connectivity index (χ1n) is 6.58. The highest BCUT2D eigenvalue weighted by Crippen LogP contribution is 2.13. The highest BCUT2D eigenvalue weighted by molar-refractivity contribution is 5.94. The van der Waals surface area contributed by atoms with Crippen LogP contribution in [0.25, 0.3) is 0 Å². The normalized spacial score (nSPS) is 12.3. The van der Waals surface area contributed by atoms with Gasteiger partial charge in [-0.25, -0.2) is 9.78 Å². The summed E-state index contributed by atoms with van der Waals surface area (Å²) in [5, 5.41) is 12.8. The van der Waals surface area contributed by atoms with Gasteiger partial charge in [0.25, 0.3) is 0 Å². The molecule has 1 aromatic heterocycles. The van der Waals surface area contributed by atoms with E-state index in [0.29, 0.717) is 36.9 Å². The van der Waals surface area contributed by atoms with Crippen LogP contribution in [-0.2, 0) is 4.74 Å². The molecule has 0 aliphatic carbocycles. The number of carbonyl (C=O) groups is 1. The summed E-state index contributed by atoms with van der Waals surface area (Å²) >= 11 is 0. The summed E-state index contributed by atoms with van der Waals surface area (Å²) in [6, 6.07) is 3.34. The zero-order chi connectivity index (χ0) is 14.3. The molecule has 106 valence electrons. The quantitative estimate of drug-likeness (QED) is 0.739. The molecule has 1 atom stereocenters. The molecule has 0 fully saturated rings. The lowest BCUT2D eigenvalue weighted by molar-refractivity contribution is 0.0527. The number of rotatable bonds is 7. The van der Waals surface area contributed by atoms with Crippen molar-refractivity contribution in [1.82, 2.24) is 4.98 Å². The number of hydrogen-bond donors (Lipinski definition) is 2. The van der Waals surface area contributed by atoms with E-state index in [0.717, 1.165) is 0 Å². The van der Waals surface area contributed by atoms with Gasteiger partial charge in [-0.05, 0) is 31.4 Å². The predicted molar refractivity (Wildman–Crippen MR) is 74.1 cm³/mol. The van der Waals surface area contributed by atoms with Crippen LogP contribution >= 0.6 is 0 Å². The minimum atomic E-state index is -0.461. The van der Waals surface area contributed by atoms with Crippen molar-refractivity contribution >= 4 is 11.8 Å². The monoisotopic (exact) mass is 266 g/mol. The third kappa shape index (κ3) is 5.26. The van der Waals surface area contributed by atoms with Crippen LogP contribution in [0, 0.1) is 5.92 Å². The number of aromatic nitrogens is 1. The van der Waals surface area contributed by atoms with Crippen molar-refractivity contribution in [2.24, 2.45) is 5.92 Å². The summed E-state index contributed by atoms with van der Waals surface area (Å²) in [7, 11) is 0. The molecule has 0 aromatic carbocycles. The van der Waals surface area contributed by atoms with E-state index >= 15 is 0 Å². The number of aliphatic hydroxyl groups excluding tert-OH is 1. The number of nitrogens with one attached hydrogen (secondary N) is 1. The number of carbonyl (C=O) groups excluding carboxylic acids is 1.